The molecule has 0 radical (unpaired) electrons. The van der Waals surface area contributed by atoms with Crippen LogP contribution in [0.5, 0.6) is 0 Å². The highest BCUT2D eigenvalue weighted by Gasteiger charge is 2.03. The van der Waals surface area contributed by atoms with Gasteiger partial charge in [0, 0.05) is 30.1 Å². The van der Waals surface area contributed by atoms with Gasteiger partial charge in [0.25, 0.3) is 0 Å². The van der Waals surface area contributed by atoms with Crippen LogP contribution in [0.4, 0.5) is 0 Å². The molecule has 0 amide bonds. The Morgan fingerprint density at radius 3 is 2.88 bits per heavy atom. The van der Waals surface area contributed by atoms with Crippen molar-refractivity contribution in [1.82, 2.24) is 4.57 Å². The Kier molecular flexibility index (Phi) is 4.13. The fourth-order valence-electron chi connectivity index (χ4n) is 2.13. The normalized spacial score (nSPS) is 13.1. The van der Waals surface area contributed by atoms with Gasteiger partial charge in [-0.15, -0.1) is 0 Å². The lowest BCUT2D eigenvalue weighted by atomic mass is 10.1. The molecule has 2 N–H and O–H groups in total. The monoisotopic (exact) mass is 248 g/mol. The van der Waals surface area contributed by atoms with Gasteiger partial charge in [0.2, 0.25) is 0 Å². The van der Waals surface area contributed by atoms with Crippen LogP contribution in [-0.4, -0.2) is 22.6 Å². The highest BCUT2D eigenvalue weighted by atomic mass is 32.2. The summed E-state index contributed by atoms with van der Waals surface area (Å²) < 4.78 is 2.32. The van der Waals surface area contributed by atoms with E-state index in [1.807, 2.05) is 18.7 Å². The predicted molar refractivity (Wildman–Crippen MR) is 77.7 cm³/mol. The van der Waals surface area contributed by atoms with Gasteiger partial charge < -0.3 is 10.3 Å². The van der Waals surface area contributed by atoms with Gasteiger partial charge in [0.05, 0.1) is 0 Å². The van der Waals surface area contributed by atoms with Gasteiger partial charge in [0.15, 0.2) is 0 Å². The van der Waals surface area contributed by atoms with Crippen molar-refractivity contribution in [2.75, 3.05) is 12.0 Å². The van der Waals surface area contributed by atoms with Crippen molar-refractivity contribution < 1.29 is 0 Å². The van der Waals surface area contributed by atoms with Crippen LogP contribution >= 0.6 is 11.8 Å². The molecule has 1 aromatic carbocycles. The lowest BCUT2D eigenvalue weighted by Gasteiger charge is -2.07. The maximum atomic E-state index is 5.83. The second-order valence-electron chi connectivity index (χ2n) is 4.58. The number of benzene rings is 1. The summed E-state index contributed by atoms with van der Waals surface area (Å²) in [6, 6.07) is 9.09. The fraction of sp³-hybridized carbons (Fsp3) is 0.429. The van der Waals surface area contributed by atoms with Gasteiger partial charge in [-0.05, 0) is 48.7 Å². The first kappa shape index (κ1) is 12.5. The molecule has 0 fully saturated rings. The van der Waals surface area contributed by atoms with Gasteiger partial charge in [-0.3, -0.25) is 0 Å². The molecule has 1 aromatic heterocycles. The van der Waals surface area contributed by atoms with Gasteiger partial charge >= 0.3 is 0 Å². The molecular weight excluding hydrogens is 228 g/mol. The first-order valence-corrected chi connectivity index (χ1v) is 7.42. The van der Waals surface area contributed by atoms with E-state index in [-0.39, 0.29) is 6.04 Å². The molecule has 92 valence electrons. The number of fused-ring (bicyclic) bond motifs is 1. The Morgan fingerprint density at radius 2 is 2.18 bits per heavy atom. The van der Waals surface area contributed by atoms with E-state index < -0.39 is 0 Å². The molecule has 2 aromatic rings. The zero-order valence-electron chi connectivity index (χ0n) is 10.5. The van der Waals surface area contributed by atoms with Crippen molar-refractivity contribution in [2.45, 2.75) is 25.9 Å². The molecule has 0 spiro atoms. The topological polar surface area (TPSA) is 30.9 Å². The molecular formula is C14H20N2S. The molecule has 0 aliphatic rings. The molecule has 0 saturated heterocycles. The van der Waals surface area contributed by atoms with Crippen molar-refractivity contribution in [3.8, 4) is 0 Å². The molecule has 0 aliphatic heterocycles. The fourth-order valence-corrected chi connectivity index (χ4v) is 2.51. The number of aromatic nitrogens is 1. The number of hydrogen-bond donors (Lipinski definition) is 1. The van der Waals surface area contributed by atoms with Crippen LogP contribution in [0, 0.1) is 0 Å². The lowest BCUT2D eigenvalue weighted by molar-refractivity contribution is 0.738. The van der Waals surface area contributed by atoms with Crippen molar-refractivity contribution in [1.29, 1.82) is 0 Å². The summed E-state index contributed by atoms with van der Waals surface area (Å²) in [7, 11) is 0. The number of hydrogen-bond acceptors (Lipinski definition) is 2. The summed E-state index contributed by atoms with van der Waals surface area (Å²) in [5.41, 5.74) is 8.49. The van der Waals surface area contributed by atoms with Crippen LogP contribution in [0.3, 0.4) is 0 Å². The Balaban J connectivity index is 2.25. The van der Waals surface area contributed by atoms with Crippen molar-refractivity contribution in [3.05, 3.63) is 36.0 Å². The first-order chi connectivity index (χ1) is 8.20. The quantitative estimate of drug-likeness (QED) is 0.882. The summed E-state index contributed by atoms with van der Waals surface area (Å²) in [6.45, 7) is 3.13. The third-order valence-electron chi connectivity index (χ3n) is 2.93. The average molecular weight is 248 g/mol. The highest BCUT2D eigenvalue weighted by molar-refractivity contribution is 7.98. The summed E-state index contributed by atoms with van der Waals surface area (Å²) in [6.07, 6.45) is 5.27. The maximum Gasteiger partial charge on any atom is 0.0480 e. The highest BCUT2D eigenvalue weighted by Crippen LogP contribution is 2.18. The molecule has 0 aliphatic carbocycles. The molecule has 2 rings (SSSR count). The second kappa shape index (κ2) is 5.61. The predicted octanol–water partition coefficient (Wildman–Crippen LogP) is 2.89. The minimum absolute atomic E-state index is 0.228. The number of thioether (sulfide) groups is 1. The smallest absolute Gasteiger partial charge is 0.0480 e. The average Bonchev–Trinajstić information content (AvgIpc) is 2.68. The summed E-state index contributed by atoms with van der Waals surface area (Å²) in [4.78, 5) is 0. The standard InChI is InChI=1S/C14H20N2S/c1-11(15)9-12-3-4-14-13(10-12)5-6-16(14)7-8-17-2/h3-6,10-11H,7-9,15H2,1-2H3. The van der Waals surface area contributed by atoms with Crippen LogP contribution in [0.1, 0.15) is 12.5 Å². The maximum absolute atomic E-state index is 5.83. The van der Waals surface area contributed by atoms with Crippen LogP contribution < -0.4 is 5.73 Å². The third kappa shape index (κ3) is 3.05. The Bertz CT molecular complexity index is 488. The van der Waals surface area contributed by atoms with Crippen LogP contribution in [0.2, 0.25) is 0 Å². The summed E-state index contributed by atoms with van der Waals surface area (Å²) in [5.74, 6) is 1.16. The third-order valence-corrected chi connectivity index (χ3v) is 3.52. The molecule has 3 heteroatoms. The zero-order chi connectivity index (χ0) is 12.3. The van der Waals surface area contributed by atoms with E-state index in [1.165, 1.54) is 16.5 Å². The number of nitrogens with zero attached hydrogens (tertiary/aromatic N) is 1. The Labute approximate surface area is 107 Å². The number of rotatable bonds is 5. The molecule has 2 nitrogen and oxygen atoms in total. The van der Waals surface area contributed by atoms with Gasteiger partial charge in [0.1, 0.15) is 0 Å². The minimum atomic E-state index is 0.228. The van der Waals surface area contributed by atoms with E-state index in [2.05, 4.69) is 41.3 Å². The molecule has 1 atom stereocenters. The SMILES string of the molecule is CSCCn1ccc2cc(CC(C)N)ccc21. The number of aryl methyl sites for hydroxylation is 1. The van der Waals surface area contributed by atoms with Crippen LogP contribution in [0.15, 0.2) is 30.5 Å². The molecule has 0 bridgehead atoms. The van der Waals surface area contributed by atoms with Gasteiger partial charge in [-0.25, -0.2) is 0 Å². The van der Waals surface area contributed by atoms with Gasteiger partial charge in [-0.1, -0.05) is 6.07 Å². The van der Waals surface area contributed by atoms with Gasteiger partial charge in [-0.2, -0.15) is 11.8 Å². The van der Waals surface area contributed by atoms with Crippen LogP contribution in [0.25, 0.3) is 10.9 Å². The summed E-state index contributed by atoms with van der Waals surface area (Å²) in [5, 5.41) is 1.32. The largest absolute Gasteiger partial charge is 0.347 e. The lowest BCUT2D eigenvalue weighted by Crippen LogP contribution is -2.17. The Hall–Kier alpha value is -0.930. The van der Waals surface area contributed by atoms with E-state index in [0.29, 0.717) is 0 Å². The van der Waals surface area contributed by atoms with Crippen molar-refractivity contribution >= 4 is 22.7 Å². The Morgan fingerprint density at radius 1 is 1.35 bits per heavy atom. The van der Waals surface area contributed by atoms with Crippen LogP contribution in [-0.2, 0) is 13.0 Å². The van der Waals surface area contributed by atoms with E-state index in [1.54, 1.807) is 0 Å². The van der Waals surface area contributed by atoms with Crippen molar-refractivity contribution in [3.63, 3.8) is 0 Å². The molecule has 1 heterocycles. The summed E-state index contributed by atoms with van der Waals surface area (Å²) >= 11 is 1.88. The molecule has 0 saturated carbocycles. The van der Waals surface area contributed by atoms with E-state index in [4.69, 9.17) is 5.73 Å². The zero-order valence-corrected chi connectivity index (χ0v) is 11.3. The second-order valence-corrected chi connectivity index (χ2v) is 5.56. The first-order valence-electron chi connectivity index (χ1n) is 6.03. The van der Waals surface area contributed by atoms with E-state index in [9.17, 15) is 0 Å². The van der Waals surface area contributed by atoms with Crippen molar-refractivity contribution in [2.24, 2.45) is 5.73 Å². The number of nitrogens with two attached hydrogens (primary N) is 1. The molecule has 17 heavy (non-hydrogen) atoms. The minimum Gasteiger partial charge on any atom is -0.347 e. The molecule has 1 unspecified atom stereocenters. The van der Waals surface area contributed by atoms with E-state index >= 15 is 0 Å². The van der Waals surface area contributed by atoms with E-state index in [0.717, 1.165) is 18.7 Å².